The summed E-state index contributed by atoms with van der Waals surface area (Å²) in [6.45, 7) is 0.168. The molecule has 9 heteroatoms. The third kappa shape index (κ3) is 7.54. The minimum atomic E-state index is -4.20. The summed E-state index contributed by atoms with van der Waals surface area (Å²) in [4.78, 5) is 24.2. The van der Waals surface area contributed by atoms with E-state index in [4.69, 9.17) is 20.9 Å². The predicted molar refractivity (Wildman–Crippen MR) is 123 cm³/mol. The molecule has 1 aliphatic carbocycles. The lowest BCUT2D eigenvalue weighted by molar-refractivity contribution is -0.185. The van der Waals surface area contributed by atoms with E-state index in [2.05, 4.69) is 0 Å². The Morgan fingerprint density at radius 2 is 1.59 bits per heavy atom. The van der Waals surface area contributed by atoms with E-state index in [9.17, 15) is 22.8 Å². The van der Waals surface area contributed by atoms with Crippen molar-refractivity contribution in [3.8, 4) is 0 Å². The number of nitrogen functional groups attached to an aromatic ring is 2. The molecular formula is C25H27F3N2O4. The van der Waals surface area contributed by atoms with Gasteiger partial charge in [-0.2, -0.15) is 13.2 Å². The van der Waals surface area contributed by atoms with E-state index in [0.717, 1.165) is 5.56 Å². The molecule has 2 aromatic carbocycles. The highest BCUT2D eigenvalue weighted by Gasteiger charge is 2.42. The zero-order valence-electron chi connectivity index (χ0n) is 18.5. The maximum Gasteiger partial charge on any atom is 0.391 e. The van der Waals surface area contributed by atoms with E-state index in [-0.39, 0.29) is 32.3 Å². The highest BCUT2D eigenvalue weighted by Crippen LogP contribution is 2.38. The van der Waals surface area contributed by atoms with Gasteiger partial charge in [-0.3, -0.25) is 0 Å². The Balaban J connectivity index is 1.43. The van der Waals surface area contributed by atoms with Crippen LogP contribution >= 0.6 is 0 Å². The van der Waals surface area contributed by atoms with E-state index in [1.54, 1.807) is 48.5 Å². The van der Waals surface area contributed by atoms with Gasteiger partial charge in [0, 0.05) is 23.9 Å². The fourth-order valence-corrected chi connectivity index (χ4v) is 3.83. The first kappa shape index (κ1) is 25.1. The van der Waals surface area contributed by atoms with Crippen LogP contribution in [0, 0.1) is 5.92 Å². The molecule has 0 heterocycles. The molecule has 1 aliphatic rings. The number of carbonyl (C=O) groups is 2. The molecule has 4 N–H and O–H groups in total. The molecule has 0 atom stereocenters. The Bertz CT molecular complexity index is 1010. The average Bonchev–Trinajstić information content (AvgIpc) is 2.77. The zero-order chi connectivity index (χ0) is 24.7. The minimum absolute atomic E-state index is 0.0330. The highest BCUT2D eigenvalue weighted by atomic mass is 19.4. The number of rotatable bonds is 7. The average molecular weight is 476 g/mol. The van der Waals surface area contributed by atoms with Crippen molar-refractivity contribution in [1.82, 2.24) is 0 Å². The van der Waals surface area contributed by atoms with Gasteiger partial charge in [-0.15, -0.1) is 0 Å². The van der Waals surface area contributed by atoms with Gasteiger partial charge >= 0.3 is 18.1 Å². The minimum Gasteiger partial charge on any atom is -0.462 e. The van der Waals surface area contributed by atoms with Crippen LogP contribution in [0.3, 0.4) is 0 Å². The van der Waals surface area contributed by atoms with Crippen LogP contribution in [0.2, 0.25) is 0 Å². The lowest BCUT2D eigenvalue weighted by atomic mass is 9.87. The molecule has 0 saturated heterocycles. The summed E-state index contributed by atoms with van der Waals surface area (Å²) in [7, 11) is 0. The monoisotopic (exact) mass is 476 g/mol. The topological polar surface area (TPSA) is 105 Å². The summed E-state index contributed by atoms with van der Waals surface area (Å²) in [6, 6.07) is 11.5. The normalized spacial score (nSPS) is 18.6. The van der Waals surface area contributed by atoms with Crippen molar-refractivity contribution in [1.29, 1.82) is 0 Å². The van der Waals surface area contributed by atoms with Crippen molar-refractivity contribution in [2.24, 2.45) is 5.92 Å². The number of alkyl halides is 3. The SMILES string of the molecule is Nc1cc(N)cc(CCOC(=O)C=Cc2ccc(C(=O)OC3CCC(C(F)(F)F)CC3)cc2)c1. The van der Waals surface area contributed by atoms with Crippen molar-refractivity contribution < 1.29 is 32.2 Å². The summed E-state index contributed by atoms with van der Waals surface area (Å²) in [5, 5.41) is 0. The molecule has 0 amide bonds. The van der Waals surface area contributed by atoms with Crippen LogP contribution in [0.5, 0.6) is 0 Å². The third-order valence-corrected chi connectivity index (χ3v) is 5.64. The van der Waals surface area contributed by atoms with Gasteiger partial charge in [0.05, 0.1) is 18.1 Å². The van der Waals surface area contributed by atoms with E-state index < -0.39 is 30.1 Å². The lowest BCUT2D eigenvalue weighted by Gasteiger charge is -2.29. The van der Waals surface area contributed by atoms with Crippen molar-refractivity contribution in [3.63, 3.8) is 0 Å². The van der Waals surface area contributed by atoms with Crippen LogP contribution in [0.1, 0.15) is 47.2 Å². The molecule has 1 fully saturated rings. The molecule has 2 aromatic rings. The highest BCUT2D eigenvalue weighted by molar-refractivity contribution is 5.90. The predicted octanol–water partition coefficient (Wildman–Crippen LogP) is 4.93. The number of halogens is 3. The zero-order valence-corrected chi connectivity index (χ0v) is 18.5. The van der Waals surface area contributed by atoms with Gasteiger partial charge in [0.15, 0.2) is 0 Å². The molecule has 0 aliphatic heterocycles. The molecule has 3 rings (SSSR count). The van der Waals surface area contributed by atoms with Crippen molar-refractivity contribution >= 4 is 29.4 Å². The second-order valence-electron chi connectivity index (χ2n) is 8.30. The second kappa shape index (κ2) is 11.1. The van der Waals surface area contributed by atoms with Gasteiger partial charge < -0.3 is 20.9 Å². The Morgan fingerprint density at radius 3 is 2.18 bits per heavy atom. The second-order valence-corrected chi connectivity index (χ2v) is 8.30. The standard InChI is InChI=1S/C25H27F3N2O4/c26-25(27,28)19-6-8-22(9-7-19)34-24(32)18-4-1-16(2-5-18)3-10-23(31)33-12-11-17-13-20(29)15-21(30)14-17/h1-5,10,13-15,19,22H,6-9,11-12,29-30H2. The van der Waals surface area contributed by atoms with Crippen LogP contribution in [-0.4, -0.2) is 30.8 Å². The first-order valence-corrected chi connectivity index (χ1v) is 11.0. The van der Waals surface area contributed by atoms with Gasteiger partial charge in [0.1, 0.15) is 6.10 Å². The molecule has 0 radical (unpaired) electrons. The summed E-state index contributed by atoms with van der Waals surface area (Å²) < 4.78 is 48.8. The molecule has 182 valence electrons. The van der Waals surface area contributed by atoms with E-state index in [0.29, 0.717) is 28.9 Å². The number of hydrogen-bond acceptors (Lipinski definition) is 6. The summed E-state index contributed by atoms with van der Waals surface area (Å²) >= 11 is 0. The van der Waals surface area contributed by atoms with E-state index in [1.165, 1.54) is 6.08 Å². The van der Waals surface area contributed by atoms with Crippen LogP contribution in [-0.2, 0) is 20.7 Å². The number of benzene rings is 2. The molecule has 6 nitrogen and oxygen atoms in total. The molecule has 34 heavy (non-hydrogen) atoms. The maximum atomic E-state index is 12.8. The number of ether oxygens (including phenoxy) is 2. The van der Waals surface area contributed by atoms with Crippen LogP contribution in [0.25, 0.3) is 6.08 Å². The van der Waals surface area contributed by atoms with E-state index in [1.807, 2.05) is 0 Å². The smallest absolute Gasteiger partial charge is 0.391 e. The quantitative estimate of drug-likeness (QED) is 0.334. The molecule has 1 saturated carbocycles. The van der Waals surface area contributed by atoms with Gasteiger partial charge in [0.25, 0.3) is 0 Å². The van der Waals surface area contributed by atoms with Crippen molar-refractivity contribution in [2.45, 2.75) is 44.4 Å². The third-order valence-electron chi connectivity index (χ3n) is 5.64. The number of anilines is 2. The Labute approximate surface area is 195 Å². The molecule has 0 bridgehead atoms. The summed E-state index contributed by atoms with van der Waals surface area (Å²) in [5.41, 5.74) is 14.4. The van der Waals surface area contributed by atoms with Gasteiger partial charge in [-0.25, -0.2) is 9.59 Å². The van der Waals surface area contributed by atoms with E-state index >= 15 is 0 Å². The molecule has 0 spiro atoms. The molecule has 0 unspecified atom stereocenters. The van der Waals surface area contributed by atoms with Crippen LogP contribution in [0.15, 0.2) is 48.5 Å². The van der Waals surface area contributed by atoms with Gasteiger partial charge in [-0.1, -0.05) is 12.1 Å². The summed E-state index contributed by atoms with van der Waals surface area (Å²) in [6.07, 6.45) is -1.07. The number of esters is 2. The summed E-state index contributed by atoms with van der Waals surface area (Å²) in [5.74, 6) is -2.42. The molecular weight excluding hydrogens is 449 g/mol. The van der Waals surface area contributed by atoms with Crippen LogP contribution in [0.4, 0.5) is 24.5 Å². The van der Waals surface area contributed by atoms with Gasteiger partial charge in [0.2, 0.25) is 0 Å². The fraction of sp³-hybridized carbons (Fsp3) is 0.360. The first-order valence-electron chi connectivity index (χ1n) is 11.0. The number of hydrogen-bond donors (Lipinski definition) is 2. The van der Waals surface area contributed by atoms with Crippen molar-refractivity contribution in [2.75, 3.05) is 18.1 Å². The Hall–Kier alpha value is -3.49. The van der Waals surface area contributed by atoms with Crippen molar-refractivity contribution in [3.05, 3.63) is 65.2 Å². The van der Waals surface area contributed by atoms with Gasteiger partial charge in [-0.05, 0) is 73.2 Å². The Morgan fingerprint density at radius 1 is 0.971 bits per heavy atom. The first-order chi connectivity index (χ1) is 16.1. The maximum absolute atomic E-state index is 12.8. The number of carbonyl (C=O) groups excluding carboxylic acids is 2. The Kier molecular flexibility index (Phi) is 8.20. The van der Waals surface area contributed by atoms with Crippen LogP contribution < -0.4 is 11.5 Å². The lowest BCUT2D eigenvalue weighted by Crippen LogP contribution is -2.31. The molecule has 0 aromatic heterocycles. The largest absolute Gasteiger partial charge is 0.462 e. The number of nitrogens with two attached hydrogens (primary N) is 2. The fourth-order valence-electron chi connectivity index (χ4n) is 3.83.